The highest BCUT2D eigenvalue weighted by Crippen LogP contribution is 2.18. The lowest BCUT2D eigenvalue weighted by atomic mass is 9.93. The van der Waals surface area contributed by atoms with Crippen molar-refractivity contribution >= 4 is 23.6 Å². The molecule has 0 radical (unpaired) electrons. The summed E-state index contributed by atoms with van der Waals surface area (Å²) in [5.41, 5.74) is 25.0. The van der Waals surface area contributed by atoms with Gasteiger partial charge in [-0.1, -0.05) is 44.5 Å². The molecule has 0 aliphatic carbocycles. The lowest BCUT2D eigenvalue weighted by molar-refractivity contribution is -0.134. The standard InChI is InChI=1S/C35H64N8O4/c1-5-17-35(4,39)19-25-43(33(47)16-14-31(45)41-23-8-21-37)27-29-11-9-28(10-12-29)26-42(24-18-34(3,38)6-2)32(46)15-13-30(44)40-22-7-20-36/h9-12H,5-8,13-27,36-39H2,1-4H3,(H,40,44)(H,41,45). The van der Waals surface area contributed by atoms with E-state index in [1.54, 1.807) is 9.80 Å². The van der Waals surface area contributed by atoms with Gasteiger partial charge in [0.25, 0.3) is 0 Å². The molecule has 1 aromatic rings. The van der Waals surface area contributed by atoms with Gasteiger partial charge in [-0.05, 0) is 76.6 Å². The number of hydrogen-bond donors (Lipinski definition) is 6. The molecule has 47 heavy (non-hydrogen) atoms. The topological polar surface area (TPSA) is 203 Å². The molecule has 0 saturated carbocycles. The molecule has 2 atom stereocenters. The summed E-state index contributed by atoms with van der Waals surface area (Å²) in [4.78, 5) is 54.5. The Bertz CT molecular complexity index is 1080. The second-order valence-corrected chi connectivity index (χ2v) is 13.3. The third kappa shape index (κ3) is 18.8. The van der Waals surface area contributed by atoms with E-state index in [9.17, 15) is 19.2 Å². The Morgan fingerprint density at radius 2 is 1.06 bits per heavy atom. The molecule has 0 heterocycles. The van der Waals surface area contributed by atoms with E-state index in [-0.39, 0.29) is 49.3 Å². The molecule has 10 N–H and O–H groups in total. The predicted octanol–water partition coefficient (Wildman–Crippen LogP) is 2.26. The van der Waals surface area contributed by atoms with Gasteiger partial charge in [-0.15, -0.1) is 0 Å². The third-order valence-corrected chi connectivity index (χ3v) is 8.55. The Balaban J connectivity index is 2.99. The minimum absolute atomic E-state index is 0.0973. The number of carbonyl (C=O) groups excluding carboxylic acids is 4. The zero-order valence-electron chi connectivity index (χ0n) is 29.6. The quantitative estimate of drug-likeness (QED) is 0.0857. The van der Waals surface area contributed by atoms with Gasteiger partial charge in [-0.25, -0.2) is 0 Å². The lowest BCUT2D eigenvalue weighted by Crippen LogP contribution is -2.42. The van der Waals surface area contributed by atoms with E-state index in [2.05, 4.69) is 17.6 Å². The molecular formula is C35H64N8O4. The van der Waals surface area contributed by atoms with E-state index >= 15 is 0 Å². The smallest absolute Gasteiger partial charge is 0.223 e. The second-order valence-electron chi connectivity index (χ2n) is 13.3. The summed E-state index contributed by atoms with van der Waals surface area (Å²) >= 11 is 0. The fraction of sp³-hybridized carbons (Fsp3) is 0.714. The van der Waals surface area contributed by atoms with Crippen LogP contribution in [0.1, 0.15) is 109 Å². The summed E-state index contributed by atoms with van der Waals surface area (Å²) in [6.45, 7) is 11.8. The van der Waals surface area contributed by atoms with E-state index < -0.39 is 11.1 Å². The summed E-state index contributed by atoms with van der Waals surface area (Å²) < 4.78 is 0. The molecule has 0 fully saturated rings. The zero-order chi connectivity index (χ0) is 35.3. The summed E-state index contributed by atoms with van der Waals surface area (Å²) in [5.74, 6) is -0.522. The molecule has 1 rings (SSSR count). The van der Waals surface area contributed by atoms with Crippen LogP contribution in [0.3, 0.4) is 0 Å². The largest absolute Gasteiger partial charge is 0.356 e. The summed E-state index contributed by atoms with van der Waals surface area (Å²) in [5, 5.41) is 5.61. The Labute approximate surface area is 283 Å². The van der Waals surface area contributed by atoms with Crippen LogP contribution in [0.15, 0.2) is 24.3 Å². The molecule has 0 aromatic heterocycles. The SMILES string of the molecule is CCCC(C)(N)CCN(Cc1ccc(CN(CCC(C)(N)CC)C(=O)CCC(=O)NCCCN)cc1)C(=O)CCC(=O)NCCCN. The second kappa shape index (κ2) is 22.5. The number of carbonyl (C=O) groups is 4. The van der Waals surface area contributed by atoms with Crippen molar-refractivity contribution in [2.24, 2.45) is 22.9 Å². The fourth-order valence-corrected chi connectivity index (χ4v) is 5.02. The maximum absolute atomic E-state index is 13.3. The van der Waals surface area contributed by atoms with E-state index in [4.69, 9.17) is 22.9 Å². The molecular weight excluding hydrogens is 596 g/mol. The number of nitrogens with two attached hydrogens (primary N) is 4. The monoisotopic (exact) mass is 661 g/mol. The average Bonchev–Trinajstić information content (AvgIpc) is 3.03. The highest BCUT2D eigenvalue weighted by atomic mass is 16.2. The van der Waals surface area contributed by atoms with Crippen molar-refractivity contribution in [1.29, 1.82) is 0 Å². The van der Waals surface area contributed by atoms with Crippen molar-refractivity contribution < 1.29 is 19.2 Å². The van der Waals surface area contributed by atoms with Gasteiger partial charge in [0.2, 0.25) is 23.6 Å². The highest BCUT2D eigenvalue weighted by molar-refractivity contribution is 5.84. The molecule has 12 heteroatoms. The minimum atomic E-state index is -0.403. The summed E-state index contributed by atoms with van der Waals surface area (Å²) in [6.07, 6.45) is 5.71. The van der Waals surface area contributed by atoms with Gasteiger partial charge in [0.1, 0.15) is 0 Å². The van der Waals surface area contributed by atoms with Gasteiger partial charge >= 0.3 is 0 Å². The predicted molar refractivity (Wildman–Crippen MR) is 189 cm³/mol. The normalized spacial score (nSPS) is 13.7. The molecule has 12 nitrogen and oxygen atoms in total. The first-order valence-electron chi connectivity index (χ1n) is 17.4. The summed E-state index contributed by atoms with van der Waals surface area (Å²) in [6, 6.07) is 7.87. The highest BCUT2D eigenvalue weighted by Gasteiger charge is 2.23. The zero-order valence-corrected chi connectivity index (χ0v) is 29.6. The van der Waals surface area contributed by atoms with Crippen LogP contribution < -0.4 is 33.6 Å². The van der Waals surface area contributed by atoms with Crippen LogP contribution in [0.2, 0.25) is 0 Å². The van der Waals surface area contributed by atoms with Crippen molar-refractivity contribution in [3.63, 3.8) is 0 Å². The van der Waals surface area contributed by atoms with E-state index in [0.29, 0.717) is 78.0 Å². The van der Waals surface area contributed by atoms with Crippen molar-refractivity contribution in [1.82, 2.24) is 20.4 Å². The van der Waals surface area contributed by atoms with Crippen LogP contribution in [0, 0.1) is 0 Å². The third-order valence-electron chi connectivity index (χ3n) is 8.55. The number of nitrogens with one attached hydrogen (secondary N) is 2. The molecule has 0 aliphatic rings. The van der Waals surface area contributed by atoms with Crippen molar-refractivity contribution in [3.8, 4) is 0 Å². The van der Waals surface area contributed by atoms with Crippen LogP contribution in [0.5, 0.6) is 0 Å². The molecule has 0 saturated heterocycles. The van der Waals surface area contributed by atoms with Crippen LogP contribution in [0.4, 0.5) is 0 Å². The minimum Gasteiger partial charge on any atom is -0.356 e. The van der Waals surface area contributed by atoms with E-state index in [1.807, 2.05) is 45.0 Å². The molecule has 0 bridgehead atoms. The van der Waals surface area contributed by atoms with Gasteiger partial charge in [-0.3, -0.25) is 19.2 Å². The number of rotatable bonds is 25. The van der Waals surface area contributed by atoms with Crippen LogP contribution in [-0.4, -0.2) is 83.8 Å². The van der Waals surface area contributed by atoms with E-state index in [1.165, 1.54) is 0 Å². The molecule has 268 valence electrons. The number of benzene rings is 1. The number of hydrogen-bond acceptors (Lipinski definition) is 8. The van der Waals surface area contributed by atoms with Crippen molar-refractivity contribution in [2.45, 2.75) is 122 Å². The van der Waals surface area contributed by atoms with Gasteiger partial charge in [0, 0.05) is 76.0 Å². The first-order valence-corrected chi connectivity index (χ1v) is 17.4. The maximum Gasteiger partial charge on any atom is 0.223 e. The van der Waals surface area contributed by atoms with Crippen LogP contribution >= 0.6 is 0 Å². The Morgan fingerprint density at radius 3 is 1.43 bits per heavy atom. The Morgan fingerprint density at radius 1 is 0.660 bits per heavy atom. The molecule has 0 spiro atoms. The molecule has 2 unspecified atom stereocenters. The Kier molecular flexibility index (Phi) is 20.1. The van der Waals surface area contributed by atoms with Gasteiger partial charge < -0.3 is 43.4 Å². The number of nitrogens with zero attached hydrogens (tertiary/aromatic N) is 2. The number of amides is 4. The average molecular weight is 661 g/mol. The molecule has 0 aliphatic heterocycles. The summed E-state index contributed by atoms with van der Waals surface area (Å²) in [7, 11) is 0. The van der Waals surface area contributed by atoms with Crippen molar-refractivity contribution in [2.75, 3.05) is 39.3 Å². The molecule has 1 aromatic carbocycles. The Hall–Kier alpha value is -3.06. The van der Waals surface area contributed by atoms with Gasteiger partial charge in [-0.2, -0.15) is 0 Å². The van der Waals surface area contributed by atoms with Gasteiger partial charge in [0.15, 0.2) is 0 Å². The lowest BCUT2D eigenvalue weighted by Gasteiger charge is -2.30. The van der Waals surface area contributed by atoms with Crippen LogP contribution in [0.25, 0.3) is 0 Å². The van der Waals surface area contributed by atoms with E-state index in [0.717, 1.165) is 30.4 Å². The first kappa shape index (κ1) is 42.0. The van der Waals surface area contributed by atoms with Crippen LogP contribution in [-0.2, 0) is 32.3 Å². The first-order chi connectivity index (χ1) is 22.3. The maximum atomic E-state index is 13.3. The van der Waals surface area contributed by atoms with Crippen molar-refractivity contribution in [3.05, 3.63) is 35.4 Å². The van der Waals surface area contributed by atoms with Gasteiger partial charge in [0.05, 0.1) is 0 Å². The fourth-order valence-electron chi connectivity index (χ4n) is 5.02. The molecule has 4 amide bonds.